The lowest BCUT2D eigenvalue weighted by molar-refractivity contribution is 0.0958. The predicted octanol–water partition coefficient (Wildman–Crippen LogP) is 2.25. The average molecular weight is 442 g/mol. The van der Waals surface area contributed by atoms with Crippen LogP contribution < -0.4 is 15.8 Å². The number of carbonyl (C=O) groups is 1. The highest BCUT2D eigenvalue weighted by Gasteiger charge is 2.21. The summed E-state index contributed by atoms with van der Waals surface area (Å²) in [4.78, 5) is 39.3. The molecule has 4 rings (SSSR count). The van der Waals surface area contributed by atoms with Crippen LogP contribution in [0.2, 0.25) is 0 Å². The molecule has 0 unspecified atom stereocenters. The molecule has 0 spiro atoms. The normalized spacial score (nSPS) is 14.8. The smallest absolute Gasteiger partial charge is 0.269 e. The van der Waals surface area contributed by atoms with Crippen molar-refractivity contribution in [1.82, 2.24) is 25.2 Å². The van der Waals surface area contributed by atoms with Crippen LogP contribution >= 0.6 is 0 Å². The largest absolute Gasteiger partial charge is 0.368 e. The van der Waals surface area contributed by atoms with Crippen molar-refractivity contribution >= 4 is 22.6 Å². The standard InChI is InChI=1S/C22H24F2N6O2/c1-13-18(20(23)24)22(32)28-17-9-14(10-27-19(13)17)12-29-5-7-30(8-6-29)15-3-4-16(26-11-15)21(31)25-2/h3-4,9-11,20H,5-8,12H2,1-2H3,(H,25,31)(H,28,32). The average Bonchev–Trinajstić information content (AvgIpc) is 2.79. The van der Waals surface area contributed by atoms with Gasteiger partial charge in [0.2, 0.25) is 0 Å². The zero-order chi connectivity index (χ0) is 22.8. The van der Waals surface area contributed by atoms with Crippen molar-refractivity contribution in [3.63, 3.8) is 0 Å². The number of amides is 1. The number of alkyl halides is 2. The fourth-order valence-corrected chi connectivity index (χ4v) is 4.00. The van der Waals surface area contributed by atoms with Gasteiger partial charge in [-0.05, 0) is 36.2 Å². The van der Waals surface area contributed by atoms with E-state index in [1.165, 1.54) is 6.92 Å². The Balaban J connectivity index is 1.42. The molecule has 1 fully saturated rings. The van der Waals surface area contributed by atoms with Gasteiger partial charge in [-0.2, -0.15) is 0 Å². The Kier molecular flexibility index (Phi) is 6.13. The Hall–Kier alpha value is -3.40. The fourth-order valence-electron chi connectivity index (χ4n) is 4.00. The maximum atomic E-state index is 13.2. The first-order valence-electron chi connectivity index (χ1n) is 10.3. The Labute approximate surface area is 183 Å². The highest BCUT2D eigenvalue weighted by Crippen LogP contribution is 2.24. The van der Waals surface area contributed by atoms with Crippen molar-refractivity contribution in [3.8, 4) is 0 Å². The van der Waals surface area contributed by atoms with Gasteiger partial charge in [0.25, 0.3) is 17.9 Å². The number of halogens is 2. The first-order chi connectivity index (χ1) is 15.4. The molecule has 0 aromatic carbocycles. The second-order valence-electron chi connectivity index (χ2n) is 7.78. The van der Waals surface area contributed by atoms with Crippen molar-refractivity contribution in [2.75, 3.05) is 38.1 Å². The number of pyridine rings is 3. The van der Waals surface area contributed by atoms with Gasteiger partial charge in [-0.25, -0.2) is 13.8 Å². The molecule has 10 heteroatoms. The van der Waals surface area contributed by atoms with Crippen LogP contribution in [0.25, 0.3) is 11.0 Å². The van der Waals surface area contributed by atoms with Gasteiger partial charge in [-0.1, -0.05) is 0 Å². The first kappa shape index (κ1) is 21.8. The van der Waals surface area contributed by atoms with E-state index in [1.54, 1.807) is 31.6 Å². The van der Waals surface area contributed by atoms with E-state index >= 15 is 0 Å². The van der Waals surface area contributed by atoms with E-state index in [0.717, 1.165) is 37.4 Å². The van der Waals surface area contributed by atoms with Gasteiger partial charge in [-0.15, -0.1) is 0 Å². The van der Waals surface area contributed by atoms with Gasteiger partial charge in [0.05, 0.1) is 28.5 Å². The Bertz CT molecular complexity index is 1190. The summed E-state index contributed by atoms with van der Waals surface area (Å²) in [6.45, 7) is 5.37. The number of aromatic nitrogens is 3. The molecule has 0 atom stereocenters. The van der Waals surface area contributed by atoms with Crippen LogP contribution in [0, 0.1) is 6.92 Å². The van der Waals surface area contributed by atoms with E-state index in [0.29, 0.717) is 23.3 Å². The number of rotatable bonds is 5. The second kappa shape index (κ2) is 8.99. The number of nitrogens with one attached hydrogen (secondary N) is 2. The van der Waals surface area contributed by atoms with Gasteiger partial charge in [0.1, 0.15) is 5.69 Å². The zero-order valence-electron chi connectivity index (χ0n) is 17.9. The van der Waals surface area contributed by atoms with Gasteiger partial charge in [0, 0.05) is 46.0 Å². The van der Waals surface area contributed by atoms with Gasteiger partial charge < -0.3 is 15.2 Å². The van der Waals surface area contributed by atoms with Crippen LogP contribution in [-0.4, -0.2) is 59.0 Å². The molecule has 1 aliphatic heterocycles. The number of nitrogens with zero attached hydrogens (tertiary/aromatic N) is 4. The zero-order valence-corrected chi connectivity index (χ0v) is 17.9. The lowest BCUT2D eigenvalue weighted by atomic mass is 10.1. The topological polar surface area (TPSA) is 94.2 Å². The monoisotopic (exact) mass is 442 g/mol. The maximum Gasteiger partial charge on any atom is 0.269 e. The summed E-state index contributed by atoms with van der Waals surface area (Å²) in [5.74, 6) is -0.215. The summed E-state index contributed by atoms with van der Waals surface area (Å²) in [6.07, 6.45) is 0.549. The lowest BCUT2D eigenvalue weighted by Crippen LogP contribution is -2.46. The van der Waals surface area contributed by atoms with Crippen LogP contribution in [0.3, 0.4) is 0 Å². The third kappa shape index (κ3) is 4.31. The van der Waals surface area contributed by atoms with E-state index in [4.69, 9.17) is 0 Å². The number of carbonyl (C=O) groups excluding carboxylic acids is 1. The molecular formula is C22H24F2N6O2. The van der Waals surface area contributed by atoms with Crippen LogP contribution in [-0.2, 0) is 6.54 Å². The van der Waals surface area contributed by atoms with Gasteiger partial charge in [-0.3, -0.25) is 19.5 Å². The van der Waals surface area contributed by atoms with Crippen LogP contribution in [0.15, 0.2) is 35.4 Å². The molecule has 168 valence electrons. The molecule has 1 amide bonds. The summed E-state index contributed by atoms with van der Waals surface area (Å²) in [5.41, 5.74) is 2.04. The highest BCUT2D eigenvalue weighted by atomic mass is 19.3. The minimum absolute atomic E-state index is 0.215. The number of hydrogen-bond acceptors (Lipinski definition) is 6. The summed E-state index contributed by atoms with van der Waals surface area (Å²) in [7, 11) is 1.57. The van der Waals surface area contributed by atoms with E-state index < -0.39 is 17.5 Å². The second-order valence-corrected chi connectivity index (χ2v) is 7.78. The van der Waals surface area contributed by atoms with Gasteiger partial charge >= 0.3 is 0 Å². The number of fused-ring (bicyclic) bond motifs is 1. The highest BCUT2D eigenvalue weighted by molar-refractivity contribution is 5.92. The number of hydrogen-bond donors (Lipinski definition) is 2. The minimum Gasteiger partial charge on any atom is -0.368 e. The van der Waals surface area contributed by atoms with Crippen LogP contribution in [0.4, 0.5) is 14.5 Å². The SMILES string of the molecule is CNC(=O)c1ccc(N2CCN(Cc3cnc4c(C)c(C(F)F)c(=O)[nH]c4c3)CC2)cn1. The molecule has 4 heterocycles. The van der Waals surface area contributed by atoms with E-state index in [9.17, 15) is 18.4 Å². The number of H-pyrrole nitrogens is 1. The summed E-state index contributed by atoms with van der Waals surface area (Å²) >= 11 is 0. The number of anilines is 1. The summed E-state index contributed by atoms with van der Waals surface area (Å²) < 4.78 is 26.3. The molecule has 0 saturated carbocycles. The van der Waals surface area contributed by atoms with Crippen molar-refractivity contribution in [2.24, 2.45) is 0 Å². The van der Waals surface area contributed by atoms with Crippen molar-refractivity contribution in [3.05, 3.63) is 63.3 Å². The quantitative estimate of drug-likeness (QED) is 0.630. The third-order valence-corrected chi connectivity index (χ3v) is 5.77. The van der Waals surface area contributed by atoms with E-state index in [2.05, 4.69) is 30.1 Å². The van der Waals surface area contributed by atoms with Crippen LogP contribution in [0.1, 0.15) is 33.6 Å². The van der Waals surface area contributed by atoms with E-state index in [-0.39, 0.29) is 11.5 Å². The molecule has 1 aliphatic rings. The molecule has 2 N–H and O–H groups in total. The first-order valence-corrected chi connectivity index (χ1v) is 10.3. The molecule has 8 nitrogen and oxygen atoms in total. The Morgan fingerprint density at radius 3 is 2.56 bits per heavy atom. The molecule has 0 aliphatic carbocycles. The lowest BCUT2D eigenvalue weighted by Gasteiger charge is -2.36. The predicted molar refractivity (Wildman–Crippen MR) is 117 cm³/mol. The molecule has 3 aromatic heterocycles. The van der Waals surface area contributed by atoms with E-state index in [1.807, 2.05) is 6.07 Å². The number of aromatic amines is 1. The fraction of sp³-hybridized carbons (Fsp3) is 0.364. The minimum atomic E-state index is -2.84. The molecule has 0 radical (unpaired) electrons. The Morgan fingerprint density at radius 1 is 1.19 bits per heavy atom. The van der Waals surface area contributed by atoms with Crippen molar-refractivity contribution in [1.29, 1.82) is 0 Å². The van der Waals surface area contributed by atoms with Crippen molar-refractivity contribution < 1.29 is 13.6 Å². The number of piperazine rings is 1. The summed E-state index contributed by atoms with van der Waals surface area (Å²) in [6, 6.07) is 5.41. The summed E-state index contributed by atoms with van der Waals surface area (Å²) in [5, 5.41) is 2.55. The molecule has 32 heavy (non-hydrogen) atoms. The maximum absolute atomic E-state index is 13.2. The molecule has 3 aromatic rings. The van der Waals surface area contributed by atoms with Gasteiger partial charge in [0.15, 0.2) is 0 Å². The number of aryl methyl sites for hydroxylation is 1. The molecule has 1 saturated heterocycles. The van der Waals surface area contributed by atoms with Crippen molar-refractivity contribution in [2.45, 2.75) is 19.9 Å². The van der Waals surface area contributed by atoms with Crippen LogP contribution in [0.5, 0.6) is 0 Å². The third-order valence-electron chi connectivity index (χ3n) is 5.77. The Morgan fingerprint density at radius 2 is 1.94 bits per heavy atom. The molecular weight excluding hydrogens is 418 g/mol. The molecule has 0 bridgehead atoms.